The molecule has 0 amide bonds. The van der Waals surface area contributed by atoms with E-state index >= 15 is 0 Å². The molecule has 0 saturated carbocycles. The maximum atomic E-state index is 12.3. The topological polar surface area (TPSA) is 64.1 Å². The first-order chi connectivity index (χ1) is 12.8. The molecule has 26 heavy (non-hydrogen) atoms. The predicted octanol–water partition coefficient (Wildman–Crippen LogP) is 3.94. The van der Waals surface area contributed by atoms with E-state index in [2.05, 4.69) is 15.3 Å². The number of hydrogen-bond donors (Lipinski definition) is 1. The Labute approximate surface area is 156 Å². The fourth-order valence-corrected chi connectivity index (χ4v) is 4.82. The molecule has 1 aliphatic carbocycles. The summed E-state index contributed by atoms with van der Waals surface area (Å²) >= 11 is 1.77. The Hall–Kier alpha value is -2.47. The zero-order chi connectivity index (χ0) is 17.9. The minimum absolute atomic E-state index is 0.249. The van der Waals surface area contributed by atoms with Crippen LogP contribution >= 0.6 is 11.3 Å². The van der Waals surface area contributed by atoms with Crippen molar-refractivity contribution in [1.82, 2.24) is 9.97 Å². The average Bonchev–Trinajstić information content (AvgIpc) is 3.08. The summed E-state index contributed by atoms with van der Waals surface area (Å²) in [5.74, 6) is 0.196. The van der Waals surface area contributed by atoms with E-state index in [1.165, 1.54) is 30.4 Å². The summed E-state index contributed by atoms with van der Waals surface area (Å²) in [5.41, 5.74) is 2.32. The molecule has 0 aliphatic heterocycles. The van der Waals surface area contributed by atoms with Crippen LogP contribution in [0.2, 0.25) is 0 Å². The second-order valence-corrected chi connectivity index (χ2v) is 7.56. The van der Waals surface area contributed by atoms with Gasteiger partial charge in [0.25, 0.3) is 0 Å². The van der Waals surface area contributed by atoms with Crippen LogP contribution in [-0.2, 0) is 22.4 Å². The molecule has 3 aromatic rings. The molecule has 134 valence electrons. The second-order valence-electron chi connectivity index (χ2n) is 6.48. The van der Waals surface area contributed by atoms with Crippen LogP contribution in [0.5, 0.6) is 0 Å². The lowest BCUT2D eigenvalue weighted by molar-refractivity contribution is -0.142. The second kappa shape index (κ2) is 7.41. The number of methoxy groups -OCH3 is 1. The van der Waals surface area contributed by atoms with Gasteiger partial charge in [0, 0.05) is 11.4 Å². The lowest BCUT2D eigenvalue weighted by Gasteiger charge is -2.17. The summed E-state index contributed by atoms with van der Waals surface area (Å²) in [4.78, 5) is 23.7. The molecule has 1 unspecified atom stereocenters. The molecule has 0 saturated heterocycles. The van der Waals surface area contributed by atoms with E-state index in [1.54, 1.807) is 17.7 Å². The van der Waals surface area contributed by atoms with Gasteiger partial charge in [-0.2, -0.15) is 0 Å². The van der Waals surface area contributed by atoms with Crippen LogP contribution in [0.1, 0.15) is 34.8 Å². The molecule has 4 rings (SSSR count). The average molecular weight is 367 g/mol. The molecule has 1 N–H and O–H groups in total. The van der Waals surface area contributed by atoms with Gasteiger partial charge >= 0.3 is 5.97 Å². The van der Waals surface area contributed by atoms with Gasteiger partial charge < -0.3 is 10.1 Å². The quantitative estimate of drug-likeness (QED) is 0.692. The number of carbonyl (C=O) groups excluding carboxylic acids is 1. The molecule has 0 fully saturated rings. The third-order valence-corrected chi connectivity index (χ3v) is 6.11. The standard InChI is InChI=1S/C20H21N3O2S/c1-25-20(24)15(13-7-3-2-4-8-13)11-21-18-17-14-9-5-6-10-16(14)26-19(17)23-12-22-18/h2-4,7-8,12,15H,5-6,9-11H2,1H3,(H,21,22,23). The lowest BCUT2D eigenvalue weighted by atomic mass is 9.96. The number of esters is 1. The van der Waals surface area contributed by atoms with E-state index in [9.17, 15) is 4.79 Å². The Morgan fingerprint density at radius 1 is 1.23 bits per heavy atom. The molecular weight excluding hydrogens is 346 g/mol. The zero-order valence-corrected chi connectivity index (χ0v) is 15.5. The van der Waals surface area contributed by atoms with Gasteiger partial charge in [-0.1, -0.05) is 30.3 Å². The van der Waals surface area contributed by atoms with Crippen LogP contribution in [0, 0.1) is 0 Å². The van der Waals surface area contributed by atoms with Crippen molar-refractivity contribution in [2.75, 3.05) is 19.0 Å². The number of nitrogens with zero attached hydrogens (tertiary/aromatic N) is 2. The molecule has 1 aromatic carbocycles. The fraction of sp³-hybridized carbons (Fsp3) is 0.350. The number of anilines is 1. The van der Waals surface area contributed by atoms with Gasteiger partial charge in [0.1, 0.15) is 17.0 Å². The third-order valence-electron chi connectivity index (χ3n) is 4.91. The number of benzene rings is 1. The summed E-state index contributed by atoms with van der Waals surface area (Å²) in [7, 11) is 1.43. The van der Waals surface area contributed by atoms with E-state index in [1.807, 2.05) is 30.3 Å². The molecular formula is C20H21N3O2S. The Morgan fingerprint density at radius 3 is 2.85 bits per heavy atom. The highest BCUT2D eigenvalue weighted by molar-refractivity contribution is 7.19. The van der Waals surface area contributed by atoms with Gasteiger partial charge in [0.2, 0.25) is 0 Å². The van der Waals surface area contributed by atoms with E-state index in [0.29, 0.717) is 6.54 Å². The lowest BCUT2D eigenvalue weighted by Crippen LogP contribution is -2.23. The molecule has 0 spiro atoms. The number of aromatic nitrogens is 2. The first-order valence-corrected chi connectivity index (χ1v) is 9.71. The van der Waals surface area contributed by atoms with Gasteiger partial charge in [-0.3, -0.25) is 4.79 Å². The SMILES string of the molecule is COC(=O)C(CNc1ncnc2sc3c(c12)CCCC3)c1ccccc1. The maximum absolute atomic E-state index is 12.3. The van der Waals surface area contributed by atoms with Gasteiger partial charge in [-0.05, 0) is 36.8 Å². The summed E-state index contributed by atoms with van der Waals surface area (Å²) in [6.07, 6.45) is 6.26. The molecule has 1 atom stereocenters. The van der Waals surface area contributed by atoms with Gasteiger partial charge in [0.05, 0.1) is 18.4 Å². The highest BCUT2D eigenvalue weighted by Gasteiger charge is 2.23. The molecule has 5 nitrogen and oxygen atoms in total. The first-order valence-electron chi connectivity index (χ1n) is 8.90. The van der Waals surface area contributed by atoms with Crippen LogP contribution in [0.4, 0.5) is 5.82 Å². The molecule has 2 aromatic heterocycles. The Kier molecular flexibility index (Phi) is 4.84. The summed E-state index contributed by atoms with van der Waals surface area (Å²) in [6.45, 7) is 0.438. The molecule has 0 bridgehead atoms. The van der Waals surface area contributed by atoms with Gasteiger partial charge in [-0.25, -0.2) is 9.97 Å². The number of nitrogens with one attached hydrogen (secondary N) is 1. The van der Waals surface area contributed by atoms with E-state index in [4.69, 9.17) is 4.74 Å². The number of carbonyl (C=O) groups is 1. The molecule has 2 heterocycles. The monoisotopic (exact) mass is 367 g/mol. The number of thiophene rings is 1. The molecule has 1 aliphatic rings. The van der Waals surface area contributed by atoms with Crippen LogP contribution in [0.3, 0.4) is 0 Å². The van der Waals surface area contributed by atoms with Gasteiger partial charge in [-0.15, -0.1) is 11.3 Å². The van der Waals surface area contributed by atoms with Crippen LogP contribution in [-0.4, -0.2) is 29.6 Å². The normalized spacial score (nSPS) is 14.7. The van der Waals surface area contributed by atoms with Crippen LogP contribution in [0.25, 0.3) is 10.2 Å². The van der Waals surface area contributed by atoms with Crippen molar-refractivity contribution < 1.29 is 9.53 Å². The fourth-order valence-electron chi connectivity index (χ4n) is 3.59. The maximum Gasteiger partial charge on any atom is 0.314 e. The minimum Gasteiger partial charge on any atom is -0.468 e. The van der Waals surface area contributed by atoms with Crippen LogP contribution < -0.4 is 5.32 Å². The van der Waals surface area contributed by atoms with Crippen molar-refractivity contribution in [2.24, 2.45) is 0 Å². The molecule has 0 radical (unpaired) electrons. The number of hydrogen-bond acceptors (Lipinski definition) is 6. The predicted molar refractivity (Wildman–Crippen MR) is 104 cm³/mol. The smallest absolute Gasteiger partial charge is 0.314 e. The Bertz CT molecular complexity index is 923. The Morgan fingerprint density at radius 2 is 2.04 bits per heavy atom. The van der Waals surface area contributed by atoms with Crippen molar-refractivity contribution in [3.63, 3.8) is 0 Å². The highest BCUT2D eigenvalue weighted by atomic mass is 32.1. The van der Waals surface area contributed by atoms with Crippen molar-refractivity contribution in [3.8, 4) is 0 Å². The van der Waals surface area contributed by atoms with E-state index in [-0.39, 0.29) is 11.9 Å². The Balaban J connectivity index is 1.64. The largest absolute Gasteiger partial charge is 0.468 e. The summed E-state index contributed by atoms with van der Waals surface area (Å²) in [5, 5.41) is 4.52. The molecule has 6 heteroatoms. The highest BCUT2D eigenvalue weighted by Crippen LogP contribution is 2.38. The van der Waals surface area contributed by atoms with E-state index < -0.39 is 0 Å². The number of fused-ring (bicyclic) bond motifs is 3. The van der Waals surface area contributed by atoms with Crippen molar-refractivity contribution in [2.45, 2.75) is 31.6 Å². The third kappa shape index (κ3) is 3.17. The number of ether oxygens (including phenoxy) is 1. The summed E-state index contributed by atoms with van der Waals surface area (Å²) in [6, 6.07) is 9.71. The minimum atomic E-state index is -0.374. The van der Waals surface area contributed by atoms with Crippen molar-refractivity contribution in [3.05, 3.63) is 52.7 Å². The summed E-state index contributed by atoms with van der Waals surface area (Å²) < 4.78 is 5.01. The van der Waals surface area contributed by atoms with Crippen molar-refractivity contribution in [1.29, 1.82) is 0 Å². The number of rotatable bonds is 5. The van der Waals surface area contributed by atoms with Crippen LogP contribution in [0.15, 0.2) is 36.7 Å². The van der Waals surface area contributed by atoms with E-state index in [0.717, 1.165) is 34.4 Å². The zero-order valence-electron chi connectivity index (χ0n) is 14.7. The van der Waals surface area contributed by atoms with Crippen molar-refractivity contribution >= 4 is 33.3 Å². The first kappa shape index (κ1) is 17.0. The number of aryl methyl sites for hydroxylation is 2. The van der Waals surface area contributed by atoms with Gasteiger partial charge in [0.15, 0.2) is 0 Å².